The van der Waals surface area contributed by atoms with Gasteiger partial charge in [0.15, 0.2) is 21.2 Å². The minimum atomic E-state index is -3.93. The Morgan fingerprint density at radius 3 is 2.23 bits per heavy atom. The van der Waals surface area contributed by atoms with Gasteiger partial charge in [0.25, 0.3) is 5.91 Å². The predicted octanol–water partition coefficient (Wildman–Crippen LogP) is 3.76. The molecule has 166 valence electrons. The summed E-state index contributed by atoms with van der Waals surface area (Å²) in [4.78, 5) is 25.4. The molecule has 0 aromatic heterocycles. The van der Waals surface area contributed by atoms with E-state index in [0.29, 0.717) is 12.8 Å². The average molecular weight is 444 g/mol. The molecule has 0 saturated heterocycles. The van der Waals surface area contributed by atoms with Gasteiger partial charge in [-0.1, -0.05) is 62.2 Å². The number of amides is 1. The van der Waals surface area contributed by atoms with Crippen LogP contribution in [0.4, 0.5) is 0 Å². The van der Waals surface area contributed by atoms with Crippen molar-refractivity contribution in [2.24, 2.45) is 0 Å². The molecule has 0 aliphatic heterocycles. The number of hydrogen-bond donors (Lipinski definition) is 1. The van der Waals surface area contributed by atoms with Crippen LogP contribution < -0.4 is 5.32 Å². The molecule has 2 aromatic carbocycles. The number of sulfone groups is 1. The second kappa shape index (κ2) is 9.64. The molecular weight excluding hydrogens is 414 g/mol. The van der Waals surface area contributed by atoms with Crippen molar-refractivity contribution in [3.8, 4) is 0 Å². The zero-order valence-corrected chi connectivity index (χ0v) is 18.8. The van der Waals surface area contributed by atoms with Crippen LogP contribution in [0.1, 0.15) is 56.7 Å². The van der Waals surface area contributed by atoms with E-state index in [1.807, 2.05) is 31.2 Å². The first kappa shape index (κ1) is 23.0. The number of nitrogens with one attached hydrogen (secondary N) is 1. The van der Waals surface area contributed by atoms with Gasteiger partial charge in [-0.15, -0.1) is 0 Å². The molecule has 3 rings (SSSR count). The second-order valence-corrected chi connectivity index (χ2v) is 10.2. The lowest BCUT2D eigenvalue weighted by atomic mass is 10.1. The Morgan fingerprint density at radius 2 is 1.65 bits per heavy atom. The van der Waals surface area contributed by atoms with Gasteiger partial charge in [-0.05, 0) is 49.4 Å². The predicted molar refractivity (Wildman–Crippen MR) is 118 cm³/mol. The highest BCUT2D eigenvalue weighted by Gasteiger charge is 2.54. The van der Waals surface area contributed by atoms with E-state index in [1.165, 1.54) is 17.7 Å². The average Bonchev–Trinajstić information content (AvgIpc) is 3.30. The minimum absolute atomic E-state index is 0.0995. The summed E-state index contributed by atoms with van der Waals surface area (Å²) in [6.07, 6.45) is 2.58. The second-order valence-electron chi connectivity index (χ2n) is 7.98. The molecule has 6 nitrogen and oxygen atoms in total. The van der Waals surface area contributed by atoms with Crippen molar-refractivity contribution in [2.75, 3.05) is 6.61 Å². The van der Waals surface area contributed by atoms with E-state index in [4.69, 9.17) is 4.74 Å². The van der Waals surface area contributed by atoms with Crippen molar-refractivity contribution in [1.82, 2.24) is 5.32 Å². The summed E-state index contributed by atoms with van der Waals surface area (Å²) in [5.41, 5.74) is 2.15. The highest BCUT2D eigenvalue weighted by atomic mass is 32.2. The third-order valence-corrected chi connectivity index (χ3v) is 8.45. The van der Waals surface area contributed by atoms with Crippen molar-refractivity contribution < 1.29 is 22.7 Å². The number of rotatable bonds is 8. The number of hydrogen-bond acceptors (Lipinski definition) is 5. The van der Waals surface area contributed by atoms with E-state index in [1.54, 1.807) is 18.2 Å². The van der Waals surface area contributed by atoms with E-state index in [9.17, 15) is 18.0 Å². The largest absolute Gasteiger partial charge is 0.454 e. The van der Waals surface area contributed by atoms with E-state index in [2.05, 4.69) is 12.2 Å². The van der Waals surface area contributed by atoms with E-state index in [-0.39, 0.29) is 23.8 Å². The van der Waals surface area contributed by atoms with Gasteiger partial charge in [0.1, 0.15) is 0 Å². The Balaban J connectivity index is 1.65. The van der Waals surface area contributed by atoms with Gasteiger partial charge in [-0.2, -0.15) is 0 Å². The van der Waals surface area contributed by atoms with E-state index < -0.39 is 33.1 Å². The molecule has 1 amide bonds. The summed E-state index contributed by atoms with van der Waals surface area (Å²) in [5.74, 6) is -1.31. The van der Waals surface area contributed by atoms with E-state index in [0.717, 1.165) is 12.0 Å². The zero-order chi connectivity index (χ0) is 22.5. The zero-order valence-electron chi connectivity index (χ0n) is 18.0. The minimum Gasteiger partial charge on any atom is -0.454 e. The Labute approximate surface area is 183 Å². The van der Waals surface area contributed by atoms with Crippen molar-refractivity contribution >= 4 is 21.7 Å². The summed E-state index contributed by atoms with van der Waals surface area (Å²) >= 11 is 0. The summed E-state index contributed by atoms with van der Waals surface area (Å²) in [7, 11) is -3.93. The van der Waals surface area contributed by atoms with Crippen molar-refractivity contribution in [3.63, 3.8) is 0 Å². The van der Waals surface area contributed by atoms with Crippen LogP contribution in [0.15, 0.2) is 59.5 Å². The maximum absolute atomic E-state index is 13.3. The third kappa shape index (κ3) is 4.82. The quantitative estimate of drug-likeness (QED) is 0.628. The molecule has 0 spiro atoms. The number of aryl methyl sites for hydroxylation is 1. The molecule has 1 fully saturated rings. The Hall–Kier alpha value is -2.67. The lowest BCUT2D eigenvalue weighted by Gasteiger charge is -2.26. The Morgan fingerprint density at radius 1 is 1.03 bits per heavy atom. The molecule has 7 heteroatoms. The molecule has 1 atom stereocenters. The molecular formula is C24H29NO5S. The first-order chi connectivity index (χ1) is 14.8. The van der Waals surface area contributed by atoms with Gasteiger partial charge in [0.2, 0.25) is 0 Å². The van der Waals surface area contributed by atoms with Gasteiger partial charge >= 0.3 is 5.97 Å². The fraction of sp³-hybridized carbons (Fsp3) is 0.417. The number of carbonyl (C=O) groups excluding carboxylic acids is 2. The first-order valence-electron chi connectivity index (χ1n) is 10.7. The van der Waals surface area contributed by atoms with Gasteiger partial charge < -0.3 is 10.1 Å². The molecule has 1 aliphatic rings. The molecule has 0 bridgehead atoms. The van der Waals surface area contributed by atoms with Crippen LogP contribution in [0.2, 0.25) is 0 Å². The number of carbonyl (C=O) groups is 2. The summed E-state index contributed by atoms with van der Waals surface area (Å²) in [5, 5.41) is 2.80. The monoisotopic (exact) mass is 443 g/mol. The van der Waals surface area contributed by atoms with Crippen LogP contribution in [0, 0.1) is 0 Å². The molecule has 0 radical (unpaired) electrons. The normalized spacial score (nSPS) is 16.5. The third-order valence-electron chi connectivity index (χ3n) is 5.95. The molecule has 1 unspecified atom stereocenters. The summed E-state index contributed by atoms with van der Waals surface area (Å²) in [6.45, 7) is 3.41. The maximum atomic E-state index is 13.3. The topological polar surface area (TPSA) is 89.5 Å². The Bertz CT molecular complexity index is 1010. The lowest BCUT2D eigenvalue weighted by Crippen LogP contribution is -2.46. The fourth-order valence-corrected chi connectivity index (χ4v) is 6.10. The smallest absolute Gasteiger partial charge is 0.328 e. The van der Waals surface area contributed by atoms with Gasteiger partial charge in [0, 0.05) is 0 Å². The SMILES string of the molecule is CCc1ccc(C(C)NC(=O)COC(=O)C2(S(=O)(=O)c3ccccc3)CCCC2)cc1. The lowest BCUT2D eigenvalue weighted by molar-refractivity contribution is -0.151. The highest BCUT2D eigenvalue weighted by Crippen LogP contribution is 2.41. The maximum Gasteiger partial charge on any atom is 0.328 e. The first-order valence-corrected chi connectivity index (χ1v) is 12.1. The van der Waals surface area contributed by atoms with Crippen molar-refractivity contribution in [1.29, 1.82) is 0 Å². The Kier molecular flexibility index (Phi) is 7.15. The van der Waals surface area contributed by atoms with Crippen LogP contribution in [0.5, 0.6) is 0 Å². The molecule has 1 saturated carbocycles. The molecule has 0 heterocycles. The van der Waals surface area contributed by atoms with Crippen LogP contribution >= 0.6 is 0 Å². The molecule has 2 aromatic rings. The van der Waals surface area contributed by atoms with Crippen LogP contribution in [0.3, 0.4) is 0 Å². The molecule has 31 heavy (non-hydrogen) atoms. The standard InChI is InChI=1S/C24H29NO5S/c1-3-19-11-13-20(14-12-19)18(2)25-22(26)17-30-23(27)24(15-7-8-16-24)31(28,29)21-9-5-4-6-10-21/h4-6,9-14,18H,3,7-8,15-17H2,1-2H3,(H,25,26). The molecule has 1 aliphatic carbocycles. The van der Waals surface area contributed by atoms with Crippen molar-refractivity contribution in [3.05, 3.63) is 65.7 Å². The number of benzene rings is 2. The number of ether oxygens (including phenoxy) is 1. The fourth-order valence-electron chi connectivity index (χ4n) is 4.03. The van der Waals surface area contributed by atoms with E-state index >= 15 is 0 Å². The van der Waals surface area contributed by atoms with Gasteiger partial charge in [-0.3, -0.25) is 9.59 Å². The van der Waals surface area contributed by atoms with Crippen LogP contribution in [0.25, 0.3) is 0 Å². The van der Waals surface area contributed by atoms with Gasteiger partial charge in [0.05, 0.1) is 10.9 Å². The summed E-state index contributed by atoms with van der Waals surface area (Å²) < 4.78 is 30.1. The highest BCUT2D eigenvalue weighted by molar-refractivity contribution is 7.93. The van der Waals surface area contributed by atoms with Crippen molar-refractivity contribution in [2.45, 2.75) is 61.6 Å². The molecule has 1 N–H and O–H groups in total. The van der Waals surface area contributed by atoms with Crippen LogP contribution in [-0.4, -0.2) is 31.6 Å². The van der Waals surface area contributed by atoms with Gasteiger partial charge in [-0.25, -0.2) is 8.42 Å². The van der Waals surface area contributed by atoms with Crippen LogP contribution in [-0.2, 0) is 30.6 Å². The number of esters is 1. The summed E-state index contributed by atoms with van der Waals surface area (Å²) in [6, 6.07) is 15.6.